The summed E-state index contributed by atoms with van der Waals surface area (Å²) >= 11 is 0. The first-order chi connectivity index (χ1) is 13.3. The SMILES string of the molecule is Cc1cccn2c(NC(C)(C)CC(C)(C)C)c(-c3ccc(C(F)(F)F)cc3)nc12. The molecule has 3 aromatic rings. The lowest BCUT2D eigenvalue weighted by molar-refractivity contribution is -0.137. The number of aryl methyl sites for hydroxylation is 1. The Morgan fingerprint density at radius 2 is 1.59 bits per heavy atom. The Labute approximate surface area is 170 Å². The summed E-state index contributed by atoms with van der Waals surface area (Å²) in [5.74, 6) is 0.790. The third kappa shape index (κ3) is 4.74. The van der Waals surface area contributed by atoms with Gasteiger partial charge in [-0.25, -0.2) is 4.98 Å². The maximum Gasteiger partial charge on any atom is 0.416 e. The Hall–Kier alpha value is -2.50. The van der Waals surface area contributed by atoms with Crippen molar-refractivity contribution in [1.29, 1.82) is 0 Å². The lowest BCUT2D eigenvalue weighted by Crippen LogP contribution is -2.36. The van der Waals surface area contributed by atoms with Crippen molar-refractivity contribution in [3.8, 4) is 11.3 Å². The fraction of sp³-hybridized carbons (Fsp3) is 0.435. The highest BCUT2D eigenvalue weighted by atomic mass is 19.4. The van der Waals surface area contributed by atoms with Crippen molar-refractivity contribution < 1.29 is 13.2 Å². The summed E-state index contributed by atoms with van der Waals surface area (Å²) in [6, 6.07) is 9.11. The van der Waals surface area contributed by atoms with Gasteiger partial charge in [0.1, 0.15) is 17.2 Å². The Kier molecular flexibility index (Phi) is 5.18. The highest BCUT2D eigenvalue weighted by Crippen LogP contribution is 2.36. The molecule has 0 saturated heterocycles. The van der Waals surface area contributed by atoms with Crippen molar-refractivity contribution in [2.75, 3.05) is 5.32 Å². The summed E-state index contributed by atoms with van der Waals surface area (Å²) in [7, 11) is 0. The third-order valence-electron chi connectivity index (χ3n) is 4.76. The van der Waals surface area contributed by atoms with E-state index in [1.54, 1.807) is 0 Å². The van der Waals surface area contributed by atoms with Crippen LogP contribution in [-0.4, -0.2) is 14.9 Å². The summed E-state index contributed by atoms with van der Waals surface area (Å²) in [6.45, 7) is 12.8. The smallest absolute Gasteiger partial charge is 0.364 e. The van der Waals surface area contributed by atoms with E-state index >= 15 is 0 Å². The van der Waals surface area contributed by atoms with E-state index < -0.39 is 11.7 Å². The molecule has 156 valence electrons. The molecule has 3 rings (SSSR count). The van der Waals surface area contributed by atoms with Crippen LogP contribution in [0.3, 0.4) is 0 Å². The van der Waals surface area contributed by atoms with E-state index in [2.05, 4.69) is 39.9 Å². The quantitative estimate of drug-likeness (QED) is 0.510. The minimum Gasteiger partial charge on any atom is -0.364 e. The summed E-state index contributed by atoms with van der Waals surface area (Å²) in [5, 5.41) is 3.62. The Morgan fingerprint density at radius 1 is 0.966 bits per heavy atom. The predicted octanol–water partition coefficient (Wildman–Crippen LogP) is 6.96. The van der Waals surface area contributed by atoms with Crippen LogP contribution in [0.15, 0.2) is 42.6 Å². The molecule has 1 N–H and O–H groups in total. The van der Waals surface area contributed by atoms with Gasteiger partial charge in [-0.2, -0.15) is 13.2 Å². The van der Waals surface area contributed by atoms with Crippen molar-refractivity contribution >= 4 is 11.5 Å². The Bertz CT molecular complexity index is 1010. The van der Waals surface area contributed by atoms with E-state index in [-0.39, 0.29) is 11.0 Å². The number of nitrogens with one attached hydrogen (secondary N) is 1. The van der Waals surface area contributed by atoms with E-state index in [9.17, 15) is 13.2 Å². The number of imidazole rings is 1. The minimum absolute atomic E-state index is 0.113. The standard InChI is InChI=1S/C23H28F3N3/c1-15-8-7-13-29-19(15)27-18(16-9-11-17(12-10-16)23(24,25)26)20(29)28-22(5,6)14-21(2,3)4/h7-13,28H,14H2,1-6H3. The van der Waals surface area contributed by atoms with E-state index in [0.29, 0.717) is 11.3 Å². The van der Waals surface area contributed by atoms with E-state index in [4.69, 9.17) is 4.98 Å². The molecule has 29 heavy (non-hydrogen) atoms. The van der Waals surface area contributed by atoms with Gasteiger partial charge in [-0.3, -0.25) is 4.40 Å². The van der Waals surface area contributed by atoms with Gasteiger partial charge in [0.2, 0.25) is 0 Å². The maximum absolute atomic E-state index is 13.0. The molecule has 1 aromatic carbocycles. The molecule has 2 heterocycles. The molecule has 0 bridgehead atoms. The van der Waals surface area contributed by atoms with E-state index in [1.807, 2.05) is 29.7 Å². The first-order valence-electron chi connectivity index (χ1n) is 9.70. The number of anilines is 1. The molecule has 0 unspecified atom stereocenters. The van der Waals surface area contributed by atoms with Gasteiger partial charge in [0.15, 0.2) is 0 Å². The molecule has 0 fully saturated rings. The highest BCUT2D eigenvalue weighted by Gasteiger charge is 2.31. The molecule has 0 spiro atoms. The molecule has 0 aliphatic heterocycles. The lowest BCUT2D eigenvalue weighted by Gasteiger charge is -2.34. The van der Waals surface area contributed by atoms with Gasteiger partial charge in [0.05, 0.1) is 5.56 Å². The number of fused-ring (bicyclic) bond motifs is 1. The molecule has 0 radical (unpaired) electrons. The van der Waals surface area contributed by atoms with Crippen molar-refractivity contribution in [2.24, 2.45) is 5.41 Å². The monoisotopic (exact) mass is 403 g/mol. The second-order valence-corrected chi connectivity index (χ2v) is 9.52. The number of benzene rings is 1. The number of nitrogens with zero attached hydrogens (tertiary/aromatic N) is 2. The summed E-state index contributed by atoms with van der Waals surface area (Å²) in [4.78, 5) is 4.77. The van der Waals surface area contributed by atoms with Crippen LogP contribution in [0.1, 0.15) is 52.2 Å². The molecule has 0 atom stereocenters. The van der Waals surface area contributed by atoms with E-state index in [1.165, 1.54) is 12.1 Å². The van der Waals surface area contributed by atoms with Gasteiger partial charge >= 0.3 is 6.18 Å². The van der Waals surface area contributed by atoms with Crippen LogP contribution in [-0.2, 0) is 6.18 Å². The lowest BCUT2D eigenvalue weighted by atomic mass is 9.82. The van der Waals surface area contributed by atoms with Crippen molar-refractivity contribution in [3.05, 3.63) is 53.7 Å². The second kappa shape index (κ2) is 7.08. The molecule has 0 amide bonds. The molecule has 0 aliphatic carbocycles. The maximum atomic E-state index is 13.0. The van der Waals surface area contributed by atoms with Crippen LogP contribution >= 0.6 is 0 Å². The van der Waals surface area contributed by atoms with Crippen LogP contribution in [0.5, 0.6) is 0 Å². The number of alkyl halides is 3. The van der Waals surface area contributed by atoms with Gasteiger partial charge in [-0.15, -0.1) is 0 Å². The van der Waals surface area contributed by atoms with Gasteiger partial charge in [-0.05, 0) is 56.4 Å². The number of hydrogen-bond acceptors (Lipinski definition) is 2. The fourth-order valence-electron chi connectivity index (χ4n) is 4.03. The molecule has 0 aliphatic rings. The van der Waals surface area contributed by atoms with Crippen molar-refractivity contribution in [1.82, 2.24) is 9.38 Å². The van der Waals surface area contributed by atoms with Crippen LogP contribution in [0.25, 0.3) is 16.9 Å². The topological polar surface area (TPSA) is 29.3 Å². The summed E-state index contributed by atoms with van der Waals surface area (Å²) in [6.07, 6.45) is -1.52. The number of rotatable bonds is 4. The molecule has 3 nitrogen and oxygen atoms in total. The number of aromatic nitrogens is 2. The van der Waals surface area contributed by atoms with Gasteiger partial charge in [-0.1, -0.05) is 39.0 Å². The molecule has 0 saturated carbocycles. The first-order valence-corrected chi connectivity index (χ1v) is 9.70. The molecule has 2 aromatic heterocycles. The third-order valence-corrected chi connectivity index (χ3v) is 4.76. The van der Waals surface area contributed by atoms with Gasteiger partial charge in [0.25, 0.3) is 0 Å². The minimum atomic E-state index is -4.36. The average Bonchev–Trinajstić information content (AvgIpc) is 2.91. The zero-order chi connectivity index (χ0) is 21.6. The van der Waals surface area contributed by atoms with Crippen LogP contribution in [0.4, 0.5) is 19.0 Å². The average molecular weight is 403 g/mol. The van der Waals surface area contributed by atoms with Gasteiger partial charge in [0, 0.05) is 17.3 Å². The van der Waals surface area contributed by atoms with Crippen LogP contribution < -0.4 is 5.32 Å². The van der Waals surface area contributed by atoms with Crippen LogP contribution in [0, 0.1) is 12.3 Å². The zero-order valence-electron chi connectivity index (χ0n) is 17.8. The molecule has 6 heteroatoms. The fourth-order valence-corrected chi connectivity index (χ4v) is 4.03. The van der Waals surface area contributed by atoms with Crippen molar-refractivity contribution in [2.45, 2.75) is 59.7 Å². The largest absolute Gasteiger partial charge is 0.416 e. The van der Waals surface area contributed by atoms with Gasteiger partial charge < -0.3 is 5.32 Å². The predicted molar refractivity (Wildman–Crippen MR) is 112 cm³/mol. The van der Waals surface area contributed by atoms with E-state index in [0.717, 1.165) is 35.6 Å². The molecular weight excluding hydrogens is 375 g/mol. The highest BCUT2D eigenvalue weighted by molar-refractivity contribution is 5.78. The van der Waals surface area contributed by atoms with Crippen molar-refractivity contribution in [3.63, 3.8) is 0 Å². The number of pyridine rings is 1. The number of halogens is 3. The number of hydrogen-bond donors (Lipinski definition) is 1. The Morgan fingerprint density at radius 3 is 2.14 bits per heavy atom. The normalized spacial score (nSPS) is 13.1. The molecular formula is C23H28F3N3. The zero-order valence-corrected chi connectivity index (χ0v) is 17.8. The second-order valence-electron chi connectivity index (χ2n) is 9.52. The first kappa shape index (κ1) is 21.2. The summed E-state index contributed by atoms with van der Waals surface area (Å²) < 4.78 is 40.9. The Balaban J connectivity index is 2.12. The van der Waals surface area contributed by atoms with Crippen LogP contribution in [0.2, 0.25) is 0 Å². The summed E-state index contributed by atoms with van der Waals surface area (Å²) in [5.41, 5.74) is 2.30.